The van der Waals surface area contributed by atoms with Gasteiger partial charge in [0.15, 0.2) is 23.3 Å². The molecule has 0 amide bonds. The summed E-state index contributed by atoms with van der Waals surface area (Å²) < 4.78 is 81.7. The van der Waals surface area contributed by atoms with Gasteiger partial charge in [-0.1, -0.05) is 4.48 Å². The van der Waals surface area contributed by atoms with Crippen LogP contribution in [0, 0.1) is 23.3 Å². The van der Waals surface area contributed by atoms with Gasteiger partial charge in [-0.2, -0.15) is 0 Å². The van der Waals surface area contributed by atoms with Crippen molar-refractivity contribution in [3.63, 3.8) is 0 Å². The lowest BCUT2D eigenvalue weighted by Crippen LogP contribution is -2.23. The van der Waals surface area contributed by atoms with E-state index < -0.39 is 35.4 Å². The Morgan fingerprint density at radius 3 is 2.25 bits per heavy atom. The average molecular weight is 371 g/mol. The molecule has 0 bridgehead atoms. The second-order valence-corrected chi connectivity index (χ2v) is 5.49. The van der Waals surface area contributed by atoms with Gasteiger partial charge in [-0.3, -0.25) is 0 Å². The Morgan fingerprint density at radius 2 is 1.67 bits per heavy atom. The molecule has 0 fully saturated rings. The van der Waals surface area contributed by atoms with E-state index in [4.69, 9.17) is 13.9 Å². The molecule has 1 aromatic rings. The summed E-state index contributed by atoms with van der Waals surface area (Å²) in [5.74, 6) is -7.46. The van der Waals surface area contributed by atoms with Crippen molar-refractivity contribution in [2.45, 2.75) is 32.8 Å². The molecule has 0 aromatic heterocycles. The van der Waals surface area contributed by atoms with Crippen molar-refractivity contribution in [2.75, 3.05) is 24.9 Å². The molecule has 1 rings (SSSR count). The van der Waals surface area contributed by atoms with E-state index in [0.29, 0.717) is 19.3 Å². The Kier molecular flexibility index (Phi) is 9.19. The molecule has 0 saturated heterocycles. The van der Waals surface area contributed by atoms with Crippen LogP contribution < -0.4 is 5.12 Å². The second-order valence-electron chi connectivity index (χ2n) is 4.47. The van der Waals surface area contributed by atoms with Crippen LogP contribution in [0.2, 0.25) is 6.04 Å². The van der Waals surface area contributed by atoms with Crippen molar-refractivity contribution >= 4 is 15.5 Å². The maximum absolute atomic E-state index is 13.8. The van der Waals surface area contributed by atoms with Crippen LogP contribution in [0.15, 0.2) is 6.07 Å². The summed E-state index contributed by atoms with van der Waals surface area (Å²) in [7, 11) is -0.0652. The van der Waals surface area contributed by atoms with Crippen LogP contribution in [0.25, 0.3) is 0 Å². The fraction of sp³-hybridized carbons (Fsp3) is 0.571. The van der Waals surface area contributed by atoms with Gasteiger partial charge in [-0.05, 0) is 26.3 Å². The molecule has 0 N–H and O–H groups in total. The molecule has 1 aromatic carbocycles. The van der Waals surface area contributed by atoms with E-state index in [-0.39, 0.29) is 33.9 Å². The molecule has 0 aliphatic heterocycles. The van der Waals surface area contributed by atoms with Gasteiger partial charge in [0.1, 0.15) is 5.69 Å². The lowest BCUT2D eigenvalue weighted by molar-refractivity contribution is -0.243. The predicted molar refractivity (Wildman–Crippen MR) is 78.0 cm³/mol. The second kappa shape index (κ2) is 10.6. The zero-order valence-electron chi connectivity index (χ0n) is 13.3. The van der Waals surface area contributed by atoms with Gasteiger partial charge in [0.05, 0.1) is 6.54 Å². The van der Waals surface area contributed by atoms with Crippen molar-refractivity contribution in [1.29, 1.82) is 0 Å². The summed E-state index contributed by atoms with van der Waals surface area (Å²) in [4.78, 5) is 0. The van der Waals surface area contributed by atoms with E-state index >= 15 is 0 Å². The van der Waals surface area contributed by atoms with Crippen LogP contribution in [0.3, 0.4) is 0 Å². The van der Waals surface area contributed by atoms with Crippen molar-refractivity contribution < 1.29 is 35.9 Å². The SMILES string of the molecule is CCOC(OCC)O[Si]CCCN(F)c1cc(F)c(F)c(F)c1F. The summed E-state index contributed by atoms with van der Waals surface area (Å²) in [5, 5.41) is -0.173. The van der Waals surface area contributed by atoms with Gasteiger partial charge in [0.2, 0.25) is 9.76 Å². The number of nitrogens with zero attached hydrogens (tertiary/aromatic N) is 1. The van der Waals surface area contributed by atoms with Crippen molar-refractivity contribution in [3.8, 4) is 0 Å². The maximum Gasteiger partial charge on any atom is 0.261 e. The predicted octanol–water partition coefficient (Wildman–Crippen LogP) is 3.73. The average Bonchev–Trinajstić information content (AvgIpc) is 2.56. The molecule has 10 heteroatoms. The summed E-state index contributed by atoms with van der Waals surface area (Å²) in [6.45, 7) is 3.19. The summed E-state index contributed by atoms with van der Waals surface area (Å²) in [6, 6.07) is 0.664. The van der Waals surface area contributed by atoms with Crippen LogP contribution in [0.1, 0.15) is 20.3 Å². The minimum Gasteiger partial charge on any atom is -0.372 e. The standard InChI is InChI=1S/C14H18F5NO3Si/c1-3-21-14(22-4-2)23-24-7-5-6-20(19)10-8-9(15)11(16)13(18)12(10)17/h8,14H,3-7H2,1-2H3. The van der Waals surface area contributed by atoms with Gasteiger partial charge in [0, 0.05) is 19.3 Å². The topological polar surface area (TPSA) is 30.9 Å². The minimum absolute atomic E-state index is 0.0652. The van der Waals surface area contributed by atoms with Gasteiger partial charge in [0.25, 0.3) is 6.48 Å². The first kappa shape index (κ1) is 20.8. The molecule has 0 aliphatic rings. The highest BCUT2D eigenvalue weighted by molar-refractivity contribution is 6.27. The van der Waals surface area contributed by atoms with E-state index in [2.05, 4.69) is 0 Å². The Bertz CT molecular complexity index is 518. The largest absolute Gasteiger partial charge is 0.372 e. The normalized spacial score (nSPS) is 11.3. The van der Waals surface area contributed by atoms with Crippen LogP contribution in [-0.4, -0.2) is 36.0 Å². The number of halogens is 5. The number of anilines is 1. The van der Waals surface area contributed by atoms with Gasteiger partial charge in [-0.25, -0.2) is 22.7 Å². The molecule has 2 radical (unpaired) electrons. The monoisotopic (exact) mass is 371 g/mol. The van der Waals surface area contributed by atoms with Crippen LogP contribution in [0.5, 0.6) is 0 Å². The van der Waals surface area contributed by atoms with E-state index in [0.717, 1.165) is 0 Å². The molecular weight excluding hydrogens is 353 g/mol. The molecule has 0 atom stereocenters. The molecule has 0 saturated carbocycles. The fourth-order valence-electron chi connectivity index (χ4n) is 1.66. The Hall–Kier alpha value is -1.23. The van der Waals surface area contributed by atoms with Crippen molar-refractivity contribution in [3.05, 3.63) is 29.3 Å². The van der Waals surface area contributed by atoms with Crippen LogP contribution in [-0.2, 0) is 13.9 Å². The third-order valence-corrected chi connectivity index (χ3v) is 3.68. The van der Waals surface area contributed by atoms with Gasteiger partial charge >= 0.3 is 0 Å². The molecule has 0 heterocycles. The molecule has 4 nitrogen and oxygen atoms in total. The highest BCUT2D eigenvalue weighted by Crippen LogP contribution is 2.26. The van der Waals surface area contributed by atoms with E-state index in [1.54, 1.807) is 13.8 Å². The first-order chi connectivity index (χ1) is 11.4. The zero-order valence-corrected chi connectivity index (χ0v) is 14.3. The minimum atomic E-state index is -2.05. The van der Waals surface area contributed by atoms with Crippen LogP contribution >= 0.6 is 0 Å². The number of ether oxygens (including phenoxy) is 2. The first-order valence-corrected chi connectivity index (χ1v) is 8.41. The number of rotatable bonds is 11. The number of benzene rings is 1. The third kappa shape index (κ3) is 6.00. The Balaban J connectivity index is 2.43. The highest BCUT2D eigenvalue weighted by Gasteiger charge is 2.22. The molecule has 136 valence electrons. The highest BCUT2D eigenvalue weighted by atomic mass is 28.2. The Labute approximate surface area is 139 Å². The number of hydrogen-bond acceptors (Lipinski definition) is 4. The lowest BCUT2D eigenvalue weighted by atomic mass is 10.2. The smallest absolute Gasteiger partial charge is 0.261 e. The molecular formula is C14H18F5NO3Si. The summed E-state index contributed by atoms with van der Waals surface area (Å²) >= 11 is 0. The molecule has 0 unspecified atom stereocenters. The van der Waals surface area contributed by atoms with E-state index in [1.165, 1.54) is 0 Å². The molecule has 0 aliphatic carbocycles. The lowest BCUT2D eigenvalue weighted by Gasteiger charge is -2.17. The van der Waals surface area contributed by atoms with E-state index in [9.17, 15) is 22.0 Å². The summed E-state index contributed by atoms with van der Waals surface area (Å²) in [5.41, 5.74) is -0.989. The van der Waals surface area contributed by atoms with Gasteiger partial charge < -0.3 is 13.9 Å². The summed E-state index contributed by atoms with van der Waals surface area (Å²) in [6.07, 6.45) is 0.208. The molecule has 24 heavy (non-hydrogen) atoms. The van der Waals surface area contributed by atoms with Crippen molar-refractivity contribution in [2.24, 2.45) is 0 Å². The quantitative estimate of drug-likeness (QED) is 0.113. The zero-order chi connectivity index (χ0) is 18.1. The fourth-order valence-corrected chi connectivity index (χ4v) is 2.36. The first-order valence-electron chi connectivity index (χ1n) is 7.30. The number of hydrogen-bond donors (Lipinski definition) is 0. The maximum atomic E-state index is 13.8. The third-order valence-electron chi connectivity index (χ3n) is 2.76. The van der Waals surface area contributed by atoms with E-state index in [1.807, 2.05) is 0 Å². The van der Waals surface area contributed by atoms with Crippen molar-refractivity contribution in [1.82, 2.24) is 0 Å². The van der Waals surface area contributed by atoms with Gasteiger partial charge in [-0.15, -0.1) is 0 Å². The Morgan fingerprint density at radius 1 is 1.04 bits per heavy atom. The van der Waals surface area contributed by atoms with Crippen LogP contribution in [0.4, 0.5) is 27.7 Å². The molecule has 0 spiro atoms.